The van der Waals surface area contributed by atoms with Gasteiger partial charge in [0.1, 0.15) is 0 Å². The Hall–Kier alpha value is -1.08. The average molecular weight is 295 g/mol. The minimum Gasteiger partial charge on any atom is -0.493 e. The fraction of sp³-hybridized carbons (Fsp3) is 0.500. The normalized spacial score (nSPS) is 11.4. The molecular formula is C12H16F3NO2S. The predicted molar refractivity (Wildman–Crippen MR) is 69.8 cm³/mol. The number of rotatable bonds is 7. The van der Waals surface area contributed by atoms with Gasteiger partial charge in [-0.1, -0.05) is 6.07 Å². The summed E-state index contributed by atoms with van der Waals surface area (Å²) in [4.78, 5) is 0. The lowest BCUT2D eigenvalue weighted by molar-refractivity contribution is -0.0329. The van der Waals surface area contributed by atoms with E-state index in [1.54, 1.807) is 12.1 Å². The maximum Gasteiger partial charge on any atom is 0.441 e. The Bertz CT molecular complexity index is 399. The van der Waals surface area contributed by atoms with Gasteiger partial charge in [0.15, 0.2) is 11.5 Å². The highest BCUT2D eigenvalue weighted by molar-refractivity contribution is 8.00. The number of benzene rings is 1. The highest BCUT2D eigenvalue weighted by Gasteiger charge is 2.27. The zero-order valence-electron chi connectivity index (χ0n) is 10.7. The topological polar surface area (TPSA) is 30.5 Å². The first-order valence-corrected chi connectivity index (χ1v) is 6.60. The van der Waals surface area contributed by atoms with Gasteiger partial charge in [-0.2, -0.15) is 13.2 Å². The Morgan fingerprint density at radius 3 is 2.58 bits per heavy atom. The molecule has 0 amide bonds. The van der Waals surface area contributed by atoms with Crippen molar-refractivity contribution in [2.75, 3.05) is 26.5 Å². The molecule has 0 aliphatic heterocycles. The summed E-state index contributed by atoms with van der Waals surface area (Å²) in [6.45, 7) is 0.626. The molecule has 0 aliphatic rings. The van der Waals surface area contributed by atoms with E-state index in [-0.39, 0.29) is 24.1 Å². The molecule has 0 spiro atoms. The SMILES string of the molecule is CNCc1ccc(OC)c(OCCSC(F)(F)F)c1. The van der Waals surface area contributed by atoms with Gasteiger partial charge in [-0.15, -0.1) is 0 Å². The third-order valence-corrected chi connectivity index (χ3v) is 2.91. The summed E-state index contributed by atoms with van der Waals surface area (Å²) in [5, 5.41) is 2.99. The molecule has 3 nitrogen and oxygen atoms in total. The van der Waals surface area contributed by atoms with Crippen molar-refractivity contribution in [3.05, 3.63) is 23.8 Å². The largest absolute Gasteiger partial charge is 0.493 e. The van der Waals surface area contributed by atoms with E-state index in [0.29, 0.717) is 18.0 Å². The van der Waals surface area contributed by atoms with Crippen LogP contribution in [0.25, 0.3) is 0 Å². The molecule has 0 aliphatic carbocycles. The van der Waals surface area contributed by atoms with Crippen LogP contribution in [-0.4, -0.2) is 32.0 Å². The summed E-state index contributed by atoms with van der Waals surface area (Å²) < 4.78 is 46.3. The van der Waals surface area contributed by atoms with Crippen LogP contribution in [0.1, 0.15) is 5.56 Å². The van der Waals surface area contributed by atoms with E-state index >= 15 is 0 Å². The van der Waals surface area contributed by atoms with E-state index in [4.69, 9.17) is 9.47 Å². The van der Waals surface area contributed by atoms with Crippen LogP contribution in [0.5, 0.6) is 11.5 Å². The van der Waals surface area contributed by atoms with Crippen LogP contribution in [-0.2, 0) is 6.54 Å². The van der Waals surface area contributed by atoms with Crippen molar-refractivity contribution >= 4 is 11.8 Å². The number of halogens is 3. The van der Waals surface area contributed by atoms with Gasteiger partial charge in [-0.3, -0.25) is 0 Å². The van der Waals surface area contributed by atoms with Crippen LogP contribution in [0.15, 0.2) is 18.2 Å². The first-order valence-electron chi connectivity index (χ1n) is 5.61. The quantitative estimate of drug-likeness (QED) is 0.783. The maximum atomic E-state index is 12.0. The summed E-state index contributed by atoms with van der Waals surface area (Å²) >= 11 is -0.0974. The van der Waals surface area contributed by atoms with Crippen molar-refractivity contribution in [3.63, 3.8) is 0 Å². The van der Waals surface area contributed by atoms with Crippen molar-refractivity contribution in [2.45, 2.75) is 12.1 Å². The second-order valence-electron chi connectivity index (χ2n) is 3.66. The van der Waals surface area contributed by atoms with Crippen molar-refractivity contribution in [1.82, 2.24) is 5.32 Å². The number of nitrogens with one attached hydrogen (secondary N) is 1. The maximum absolute atomic E-state index is 12.0. The Kier molecular flexibility index (Phi) is 6.30. The molecule has 0 unspecified atom stereocenters. The monoisotopic (exact) mass is 295 g/mol. The number of hydrogen-bond donors (Lipinski definition) is 1. The molecule has 1 N–H and O–H groups in total. The lowest BCUT2D eigenvalue weighted by Crippen LogP contribution is -2.09. The molecule has 1 aromatic carbocycles. The van der Waals surface area contributed by atoms with E-state index in [2.05, 4.69) is 5.32 Å². The fourth-order valence-corrected chi connectivity index (χ4v) is 1.86. The van der Waals surface area contributed by atoms with Crippen LogP contribution in [0, 0.1) is 0 Å². The summed E-state index contributed by atoms with van der Waals surface area (Å²) in [5.41, 5.74) is -3.25. The zero-order chi connectivity index (χ0) is 14.3. The van der Waals surface area contributed by atoms with E-state index < -0.39 is 5.51 Å². The number of thioether (sulfide) groups is 1. The van der Waals surface area contributed by atoms with Crippen molar-refractivity contribution in [2.24, 2.45) is 0 Å². The molecule has 19 heavy (non-hydrogen) atoms. The lowest BCUT2D eigenvalue weighted by Gasteiger charge is -2.12. The van der Waals surface area contributed by atoms with Gasteiger partial charge in [-0.25, -0.2) is 0 Å². The van der Waals surface area contributed by atoms with Gasteiger partial charge < -0.3 is 14.8 Å². The molecule has 1 aromatic rings. The Morgan fingerprint density at radius 2 is 2.00 bits per heavy atom. The molecule has 0 bridgehead atoms. The van der Waals surface area contributed by atoms with Gasteiger partial charge >= 0.3 is 5.51 Å². The van der Waals surface area contributed by atoms with E-state index in [1.165, 1.54) is 7.11 Å². The van der Waals surface area contributed by atoms with Crippen LogP contribution >= 0.6 is 11.8 Å². The predicted octanol–water partition coefficient (Wildman–Crippen LogP) is 3.05. The van der Waals surface area contributed by atoms with Crippen molar-refractivity contribution in [1.29, 1.82) is 0 Å². The Morgan fingerprint density at radius 1 is 1.26 bits per heavy atom. The minimum absolute atomic E-state index is 0.0243. The second kappa shape index (κ2) is 7.49. The molecule has 0 aromatic heterocycles. The van der Waals surface area contributed by atoms with Gasteiger partial charge in [0, 0.05) is 12.3 Å². The molecule has 7 heteroatoms. The highest BCUT2D eigenvalue weighted by Crippen LogP contribution is 2.31. The highest BCUT2D eigenvalue weighted by atomic mass is 32.2. The molecule has 1 rings (SSSR count). The molecule has 0 saturated carbocycles. The molecule has 0 atom stereocenters. The number of hydrogen-bond acceptors (Lipinski definition) is 4. The summed E-state index contributed by atoms with van der Waals surface area (Å²) in [7, 11) is 3.30. The Balaban J connectivity index is 2.57. The third kappa shape index (κ3) is 6.07. The number of alkyl halides is 3. The minimum atomic E-state index is -4.22. The van der Waals surface area contributed by atoms with Crippen molar-refractivity contribution < 1.29 is 22.6 Å². The first kappa shape index (κ1) is 16.0. The van der Waals surface area contributed by atoms with E-state index in [1.807, 2.05) is 13.1 Å². The third-order valence-electron chi connectivity index (χ3n) is 2.22. The van der Waals surface area contributed by atoms with Crippen LogP contribution < -0.4 is 14.8 Å². The number of ether oxygens (including phenoxy) is 2. The van der Waals surface area contributed by atoms with Gasteiger partial charge in [0.2, 0.25) is 0 Å². The van der Waals surface area contributed by atoms with Gasteiger partial charge in [-0.05, 0) is 36.5 Å². The van der Waals surface area contributed by atoms with Crippen LogP contribution in [0.2, 0.25) is 0 Å². The van der Waals surface area contributed by atoms with Crippen molar-refractivity contribution in [3.8, 4) is 11.5 Å². The van der Waals surface area contributed by atoms with E-state index in [0.717, 1.165) is 5.56 Å². The number of methoxy groups -OCH3 is 1. The van der Waals surface area contributed by atoms with Crippen LogP contribution in [0.4, 0.5) is 13.2 Å². The molecule has 0 heterocycles. The molecule has 0 fully saturated rings. The molecule has 108 valence electrons. The summed E-state index contributed by atoms with van der Waals surface area (Å²) in [6, 6.07) is 5.36. The van der Waals surface area contributed by atoms with E-state index in [9.17, 15) is 13.2 Å². The first-order chi connectivity index (χ1) is 8.96. The van der Waals surface area contributed by atoms with Gasteiger partial charge in [0.05, 0.1) is 13.7 Å². The second-order valence-corrected chi connectivity index (χ2v) is 4.82. The Labute approximate surface area is 114 Å². The average Bonchev–Trinajstić information content (AvgIpc) is 2.34. The molecule has 0 radical (unpaired) electrons. The molecule has 0 saturated heterocycles. The van der Waals surface area contributed by atoms with Gasteiger partial charge in [0.25, 0.3) is 0 Å². The standard InChI is InChI=1S/C12H16F3NO2S/c1-16-8-9-3-4-10(17-2)11(7-9)18-5-6-19-12(13,14)15/h3-4,7,16H,5-6,8H2,1-2H3. The lowest BCUT2D eigenvalue weighted by atomic mass is 10.2. The molecular weight excluding hydrogens is 279 g/mol. The smallest absolute Gasteiger partial charge is 0.441 e. The zero-order valence-corrected chi connectivity index (χ0v) is 11.5. The summed E-state index contributed by atoms with van der Waals surface area (Å²) in [5.74, 6) is 0.818. The van der Waals surface area contributed by atoms with Crippen LogP contribution in [0.3, 0.4) is 0 Å². The summed E-state index contributed by atoms with van der Waals surface area (Å²) in [6.07, 6.45) is 0. The fourth-order valence-electron chi connectivity index (χ4n) is 1.46.